The van der Waals surface area contributed by atoms with Gasteiger partial charge in [-0.1, -0.05) is 30.3 Å². The Balaban J connectivity index is 1.24. The van der Waals surface area contributed by atoms with E-state index in [1.54, 1.807) is 25.3 Å². The lowest BCUT2D eigenvalue weighted by Gasteiger charge is -2.22. The van der Waals surface area contributed by atoms with Crippen molar-refractivity contribution in [3.05, 3.63) is 113 Å². The van der Waals surface area contributed by atoms with Gasteiger partial charge in [0.1, 0.15) is 17.3 Å². The number of amides is 1. The average Bonchev–Trinajstić information content (AvgIpc) is 3.57. The largest absolute Gasteiger partial charge is 0.497 e. The van der Waals surface area contributed by atoms with Gasteiger partial charge in [0, 0.05) is 19.6 Å². The molecule has 0 saturated heterocycles. The van der Waals surface area contributed by atoms with Crippen molar-refractivity contribution in [1.29, 1.82) is 0 Å². The summed E-state index contributed by atoms with van der Waals surface area (Å²) in [5.41, 5.74) is 2.82. The first-order chi connectivity index (χ1) is 18.1. The lowest BCUT2D eigenvalue weighted by molar-refractivity contribution is 0.0918. The third-order valence-electron chi connectivity index (χ3n) is 6.02. The molecule has 0 fully saturated rings. The minimum atomic E-state index is -0.309. The van der Waals surface area contributed by atoms with Crippen LogP contribution in [0.4, 0.5) is 4.39 Å². The molecule has 0 unspecified atom stereocenters. The Kier molecular flexibility index (Phi) is 7.37. The average molecular weight is 503 g/mol. The van der Waals surface area contributed by atoms with Crippen LogP contribution >= 0.6 is 0 Å². The molecular formula is C29H27FN2O5. The summed E-state index contributed by atoms with van der Waals surface area (Å²) < 4.78 is 35.6. The highest BCUT2D eigenvalue weighted by Crippen LogP contribution is 2.32. The Bertz CT molecular complexity index is 1370. The molecule has 1 aliphatic rings. The number of ether oxygens (including phenoxy) is 3. The van der Waals surface area contributed by atoms with E-state index < -0.39 is 0 Å². The number of fused-ring (bicyclic) bond motifs is 1. The van der Waals surface area contributed by atoms with E-state index in [0.717, 1.165) is 22.4 Å². The molecule has 3 aromatic carbocycles. The number of hydrogen-bond acceptors (Lipinski definition) is 6. The van der Waals surface area contributed by atoms with Gasteiger partial charge in [0.2, 0.25) is 6.79 Å². The number of carbonyl (C=O) groups excluding carboxylic acids is 1. The van der Waals surface area contributed by atoms with Gasteiger partial charge in [0.15, 0.2) is 17.3 Å². The Morgan fingerprint density at radius 3 is 2.49 bits per heavy atom. The summed E-state index contributed by atoms with van der Waals surface area (Å²) in [4.78, 5) is 14.8. The maximum Gasteiger partial charge on any atom is 0.287 e. The number of methoxy groups -OCH3 is 1. The fraction of sp³-hybridized carbons (Fsp3) is 0.207. The predicted octanol–water partition coefficient (Wildman–Crippen LogP) is 5.29. The van der Waals surface area contributed by atoms with Crippen LogP contribution in [0.15, 0.2) is 83.3 Å². The van der Waals surface area contributed by atoms with Crippen molar-refractivity contribution in [2.45, 2.75) is 26.2 Å². The van der Waals surface area contributed by atoms with Crippen molar-refractivity contribution in [3.8, 4) is 17.2 Å². The summed E-state index contributed by atoms with van der Waals surface area (Å²) in [7, 11) is 1.63. The molecule has 1 amide bonds. The van der Waals surface area contributed by atoms with Crippen LogP contribution in [-0.4, -0.2) is 24.7 Å². The molecule has 0 bridgehead atoms. The molecule has 8 heteroatoms. The molecule has 2 heterocycles. The van der Waals surface area contributed by atoms with Gasteiger partial charge >= 0.3 is 0 Å². The molecule has 37 heavy (non-hydrogen) atoms. The number of furan rings is 1. The second kappa shape index (κ2) is 11.2. The number of halogens is 1. The van der Waals surface area contributed by atoms with Gasteiger partial charge in [-0.3, -0.25) is 9.69 Å². The van der Waals surface area contributed by atoms with E-state index in [1.807, 2.05) is 48.5 Å². The van der Waals surface area contributed by atoms with Crippen LogP contribution in [0.1, 0.15) is 33.0 Å². The highest BCUT2D eigenvalue weighted by Gasteiger charge is 2.17. The standard InChI is InChI=1S/C29H27FN2O5/c1-34-24-8-5-20(6-9-24)16-32(17-22-3-2-4-23(30)13-22)18-25-10-12-27(37-25)29(33)31-15-21-7-11-26-28(14-21)36-19-35-26/h2-14H,15-19H2,1H3,(H,31,33). The first-order valence-corrected chi connectivity index (χ1v) is 11.9. The van der Waals surface area contributed by atoms with E-state index in [9.17, 15) is 9.18 Å². The molecule has 0 radical (unpaired) electrons. The Labute approximate surface area is 214 Å². The van der Waals surface area contributed by atoms with Crippen molar-refractivity contribution in [1.82, 2.24) is 10.2 Å². The van der Waals surface area contributed by atoms with Gasteiger partial charge in [0.25, 0.3) is 5.91 Å². The first-order valence-electron chi connectivity index (χ1n) is 11.9. The molecular weight excluding hydrogens is 475 g/mol. The Morgan fingerprint density at radius 1 is 0.892 bits per heavy atom. The highest BCUT2D eigenvalue weighted by atomic mass is 19.1. The molecule has 7 nitrogen and oxygen atoms in total. The number of rotatable bonds is 10. The summed E-state index contributed by atoms with van der Waals surface area (Å²) in [6.07, 6.45) is 0. The van der Waals surface area contributed by atoms with Gasteiger partial charge in [-0.2, -0.15) is 0 Å². The molecule has 1 N–H and O–H groups in total. The van der Waals surface area contributed by atoms with Crippen LogP contribution in [-0.2, 0) is 26.2 Å². The Hall–Kier alpha value is -4.30. The quantitative estimate of drug-likeness (QED) is 0.318. The van der Waals surface area contributed by atoms with E-state index in [0.29, 0.717) is 43.4 Å². The highest BCUT2D eigenvalue weighted by molar-refractivity contribution is 5.91. The summed E-state index contributed by atoms with van der Waals surface area (Å²) in [6, 6.07) is 23.4. The zero-order valence-electron chi connectivity index (χ0n) is 20.4. The van der Waals surface area contributed by atoms with Gasteiger partial charge in [-0.15, -0.1) is 0 Å². The maximum atomic E-state index is 13.8. The molecule has 1 aliphatic heterocycles. The van der Waals surface area contributed by atoms with Gasteiger partial charge in [-0.05, 0) is 65.2 Å². The summed E-state index contributed by atoms with van der Waals surface area (Å²) in [6.45, 7) is 2.09. The van der Waals surface area contributed by atoms with Crippen LogP contribution in [0.3, 0.4) is 0 Å². The van der Waals surface area contributed by atoms with Crippen molar-refractivity contribution in [2.24, 2.45) is 0 Å². The third-order valence-corrected chi connectivity index (χ3v) is 6.02. The second-order valence-electron chi connectivity index (χ2n) is 8.76. The summed E-state index contributed by atoms with van der Waals surface area (Å²) in [5.74, 6) is 2.43. The lowest BCUT2D eigenvalue weighted by atomic mass is 10.1. The third kappa shape index (κ3) is 6.29. The Morgan fingerprint density at radius 2 is 1.68 bits per heavy atom. The number of hydrogen-bond donors (Lipinski definition) is 1. The van der Waals surface area contributed by atoms with E-state index >= 15 is 0 Å². The molecule has 0 saturated carbocycles. The van der Waals surface area contributed by atoms with Gasteiger partial charge in [0.05, 0.1) is 13.7 Å². The fourth-order valence-corrected chi connectivity index (χ4v) is 4.18. The molecule has 4 aromatic rings. The predicted molar refractivity (Wildman–Crippen MR) is 135 cm³/mol. The van der Waals surface area contributed by atoms with Gasteiger partial charge in [-0.25, -0.2) is 4.39 Å². The van der Waals surface area contributed by atoms with E-state index in [4.69, 9.17) is 18.6 Å². The smallest absolute Gasteiger partial charge is 0.287 e. The molecule has 190 valence electrons. The SMILES string of the molecule is COc1ccc(CN(Cc2cccc(F)c2)Cc2ccc(C(=O)NCc3ccc4c(c3)OCO4)o2)cc1. The molecule has 5 rings (SSSR count). The fourth-order valence-electron chi connectivity index (χ4n) is 4.18. The number of carbonyl (C=O) groups is 1. The molecule has 0 aliphatic carbocycles. The van der Waals surface area contributed by atoms with E-state index in [1.165, 1.54) is 12.1 Å². The zero-order valence-corrected chi connectivity index (χ0v) is 20.4. The second-order valence-corrected chi connectivity index (χ2v) is 8.76. The van der Waals surface area contributed by atoms with Crippen molar-refractivity contribution in [2.75, 3.05) is 13.9 Å². The van der Waals surface area contributed by atoms with Crippen LogP contribution in [0.25, 0.3) is 0 Å². The van der Waals surface area contributed by atoms with Crippen LogP contribution in [0.5, 0.6) is 17.2 Å². The van der Waals surface area contributed by atoms with Crippen molar-refractivity contribution >= 4 is 5.91 Å². The van der Waals surface area contributed by atoms with Crippen LogP contribution in [0, 0.1) is 5.82 Å². The molecule has 0 atom stereocenters. The van der Waals surface area contributed by atoms with Gasteiger partial charge < -0.3 is 23.9 Å². The topological polar surface area (TPSA) is 73.2 Å². The number of benzene rings is 3. The van der Waals surface area contributed by atoms with E-state index in [-0.39, 0.29) is 24.3 Å². The number of nitrogens with one attached hydrogen (secondary N) is 1. The zero-order chi connectivity index (χ0) is 25.6. The van der Waals surface area contributed by atoms with Crippen molar-refractivity contribution < 1.29 is 27.8 Å². The minimum absolute atomic E-state index is 0.203. The lowest BCUT2D eigenvalue weighted by Crippen LogP contribution is -2.23. The number of nitrogens with zero attached hydrogens (tertiary/aromatic N) is 1. The summed E-state index contributed by atoms with van der Waals surface area (Å²) >= 11 is 0. The van der Waals surface area contributed by atoms with Crippen LogP contribution < -0.4 is 19.5 Å². The first kappa shape index (κ1) is 24.4. The van der Waals surface area contributed by atoms with E-state index in [2.05, 4.69) is 10.2 Å². The van der Waals surface area contributed by atoms with Crippen molar-refractivity contribution in [3.63, 3.8) is 0 Å². The monoisotopic (exact) mass is 502 g/mol. The molecule has 1 aromatic heterocycles. The minimum Gasteiger partial charge on any atom is -0.497 e. The normalized spacial score (nSPS) is 12.1. The molecule has 0 spiro atoms. The van der Waals surface area contributed by atoms with Crippen LogP contribution in [0.2, 0.25) is 0 Å². The summed E-state index contributed by atoms with van der Waals surface area (Å²) in [5, 5.41) is 2.87. The maximum absolute atomic E-state index is 13.8.